The molecule has 2 atom stereocenters. The van der Waals surface area contributed by atoms with E-state index in [1.165, 1.54) is 6.07 Å². The van der Waals surface area contributed by atoms with Crippen LogP contribution in [0.4, 0.5) is 0 Å². The SMILES string of the molecule is O=C(c1ccc(Cl)cc1O)N1CC[C@@H]2[C@@H](CCC(=O)N2C2CC2)C1. The highest BCUT2D eigenvalue weighted by Gasteiger charge is 2.45. The lowest BCUT2D eigenvalue weighted by molar-refractivity contribution is -0.141. The third kappa shape index (κ3) is 2.75. The lowest BCUT2D eigenvalue weighted by Crippen LogP contribution is -2.57. The number of carbonyl (C=O) groups is 2. The molecule has 24 heavy (non-hydrogen) atoms. The minimum absolute atomic E-state index is 0.0759. The fourth-order valence-corrected chi connectivity index (χ4v) is 4.33. The normalized spacial score (nSPS) is 27.1. The number of carbonyl (C=O) groups excluding carboxylic acids is 2. The summed E-state index contributed by atoms with van der Waals surface area (Å²) in [6.45, 7) is 1.28. The number of rotatable bonds is 2. The molecule has 3 fully saturated rings. The molecular weight excluding hydrogens is 328 g/mol. The van der Waals surface area contributed by atoms with E-state index in [1.807, 2.05) is 4.90 Å². The average Bonchev–Trinajstić information content (AvgIpc) is 3.38. The number of hydrogen-bond acceptors (Lipinski definition) is 3. The van der Waals surface area contributed by atoms with Crippen LogP contribution < -0.4 is 0 Å². The van der Waals surface area contributed by atoms with Crippen LogP contribution in [-0.4, -0.2) is 51.9 Å². The predicted molar refractivity (Wildman–Crippen MR) is 90.0 cm³/mol. The van der Waals surface area contributed by atoms with Crippen LogP contribution in [0.15, 0.2) is 18.2 Å². The number of halogens is 1. The summed E-state index contributed by atoms with van der Waals surface area (Å²) in [6, 6.07) is 5.31. The monoisotopic (exact) mass is 348 g/mol. The van der Waals surface area contributed by atoms with Gasteiger partial charge in [0.05, 0.1) is 5.56 Å². The number of hydrogen-bond donors (Lipinski definition) is 1. The Balaban J connectivity index is 1.50. The van der Waals surface area contributed by atoms with Gasteiger partial charge in [-0.2, -0.15) is 0 Å². The zero-order valence-electron chi connectivity index (χ0n) is 13.4. The Kier molecular flexibility index (Phi) is 3.91. The smallest absolute Gasteiger partial charge is 0.257 e. The molecule has 5 nitrogen and oxygen atoms in total. The number of phenolic OH excluding ortho intramolecular Hbond substituents is 1. The van der Waals surface area contributed by atoms with Crippen molar-refractivity contribution in [2.24, 2.45) is 5.92 Å². The Morgan fingerprint density at radius 2 is 2.00 bits per heavy atom. The van der Waals surface area contributed by atoms with Crippen LogP contribution in [0.2, 0.25) is 5.02 Å². The summed E-state index contributed by atoms with van der Waals surface area (Å²) in [7, 11) is 0. The largest absolute Gasteiger partial charge is 0.507 e. The lowest BCUT2D eigenvalue weighted by atomic mass is 9.83. The number of piperidine rings is 2. The van der Waals surface area contributed by atoms with E-state index in [4.69, 9.17) is 11.6 Å². The van der Waals surface area contributed by atoms with Crippen LogP contribution in [0, 0.1) is 5.92 Å². The molecule has 2 amide bonds. The van der Waals surface area contributed by atoms with Gasteiger partial charge in [-0.05, 0) is 49.8 Å². The molecule has 0 aromatic heterocycles. The lowest BCUT2D eigenvalue weighted by Gasteiger charge is -2.47. The second-order valence-electron chi connectivity index (χ2n) is 7.10. The van der Waals surface area contributed by atoms with Crippen molar-refractivity contribution in [3.05, 3.63) is 28.8 Å². The maximum absolute atomic E-state index is 12.7. The van der Waals surface area contributed by atoms with Crippen molar-refractivity contribution in [1.29, 1.82) is 0 Å². The van der Waals surface area contributed by atoms with Crippen LogP contribution in [0.3, 0.4) is 0 Å². The fourth-order valence-electron chi connectivity index (χ4n) is 4.16. The average molecular weight is 349 g/mol. The van der Waals surface area contributed by atoms with Crippen LogP contribution in [0.5, 0.6) is 5.75 Å². The first-order valence-electron chi connectivity index (χ1n) is 8.63. The van der Waals surface area contributed by atoms with E-state index >= 15 is 0 Å². The van der Waals surface area contributed by atoms with Crippen molar-refractivity contribution in [2.45, 2.75) is 44.2 Å². The first kappa shape index (κ1) is 15.8. The third-order valence-corrected chi connectivity index (χ3v) is 5.72. The molecule has 2 heterocycles. The first-order valence-corrected chi connectivity index (χ1v) is 9.01. The summed E-state index contributed by atoms with van der Waals surface area (Å²) < 4.78 is 0. The minimum atomic E-state index is -0.155. The molecule has 1 N–H and O–H groups in total. The highest BCUT2D eigenvalue weighted by molar-refractivity contribution is 6.30. The Morgan fingerprint density at radius 3 is 2.71 bits per heavy atom. The summed E-state index contributed by atoms with van der Waals surface area (Å²) in [5.41, 5.74) is 0.295. The van der Waals surface area contributed by atoms with Crippen LogP contribution in [0.1, 0.15) is 42.5 Å². The molecule has 1 aromatic rings. The Bertz CT molecular complexity index is 689. The second-order valence-corrected chi connectivity index (χ2v) is 7.54. The molecule has 1 saturated carbocycles. The quantitative estimate of drug-likeness (QED) is 0.893. The molecule has 4 rings (SSSR count). The second kappa shape index (κ2) is 5.96. The van der Waals surface area contributed by atoms with Gasteiger partial charge in [-0.3, -0.25) is 9.59 Å². The number of phenols is 1. The van der Waals surface area contributed by atoms with Crippen LogP contribution >= 0.6 is 11.6 Å². The Hall–Kier alpha value is -1.75. The van der Waals surface area contributed by atoms with Gasteiger partial charge in [-0.1, -0.05) is 11.6 Å². The van der Waals surface area contributed by atoms with Gasteiger partial charge in [0, 0.05) is 36.6 Å². The van der Waals surface area contributed by atoms with Gasteiger partial charge in [0.2, 0.25) is 5.91 Å². The summed E-state index contributed by atoms with van der Waals surface area (Å²) in [5, 5.41) is 10.4. The Morgan fingerprint density at radius 1 is 1.21 bits per heavy atom. The zero-order valence-corrected chi connectivity index (χ0v) is 14.2. The number of amides is 2. The standard InChI is InChI=1S/C18H21ClN2O3/c19-12-2-5-14(16(22)9-12)18(24)20-8-7-15-11(10-20)1-6-17(23)21(15)13-3-4-13/h2,5,9,11,13,15,22H,1,3-4,6-8,10H2/t11-,15+/m0/s1. The van der Waals surface area contributed by atoms with E-state index in [0.717, 1.165) is 25.7 Å². The van der Waals surface area contributed by atoms with Gasteiger partial charge in [-0.25, -0.2) is 0 Å². The minimum Gasteiger partial charge on any atom is -0.507 e. The topological polar surface area (TPSA) is 60.9 Å². The number of likely N-dealkylation sites (tertiary alicyclic amines) is 2. The van der Waals surface area contributed by atoms with E-state index in [-0.39, 0.29) is 23.6 Å². The van der Waals surface area contributed by atoms with Gasteiger partial charge < -0.3 is 14.9 Å². The van der Waals surface area contributed by atoms with E-state index < -0.39 is 0 Å². The number of fused-ring (bicyclic) bond motifs is 1. The Labute approximate surface area is 146 Å². The molecule has 128 valence electrons. The molecule has 0 unspecified atom stereocenters. The van der Waals surface area contributed by atoms with E-state index in [9.17, 15) is 14.7 Å². The molecule has 3 aliphatic rings. The zero-order chi connectivity index (χ0) is 16.8. The summed E-state index contributed by atoms with van der Waals surface area (Å²) >= 11 is 5.84. The van der Waals surface area contributed by atoms with Gasteiger partial charge >= 0.3 is 0 Å². The summed E-state index contributed by atoms with van der Waals surface area (Å²) in [6.07, 6.45) is 4.51. The maximum atomic E-state index is 12.7. The molecule has 0 spiro atoms. The highest BCUT2D eigenvalue weighted by atomic mass is 35.5. The number of benzene rings is 1. The van der Waals surface area contributed by atoms with Crippen molar-refractivity contribution in [3.8, 4) is 5.75 Å². The van der Waals surface area contributed by atoms with Gasteiger partial charge in [-0.15, -0.1) is 0 Å². The molecule has 2 aliphatic heterocycles. The number of nitrogens with zero attached hydrogens (tertiary/aromatic N) is 2. The molecule has 1 aliphatic carbocycles. The molecule has 0 radical (unpaired) electrons. The highest BCUT2D eigenvalue weighted by Crippen LogP contribution is 2.39. The molecular formula is C18H21ClN2O3. The fraction of sp³-hybridized carbons (Fsp3) is 0.556. The molecule has 1 aromatic carbocycles. The van der Waals surface area contributed by atoms with Crippen molar-refractivity contribution in [2.75, 3.05) is 13.1 Å². The van der Waals surface area contributed by atoms with Crippen LogP contribution in [0.25, 0.3) is 0 Å². The summed E-state index contributed by atoms with van der Waals surface area (Å²) in [5.74, 6) is 0.398. The van der Waals surface area contributed by atoms with Crippen LogP contribution in [-0.2, 0) is 4.79 Å². The van der Waals surface area contributed by atoms with Crippen molar-refractivity contribution < 1.29 is 14.7 Å². The molecule has 6 heteroatoms. The van der Waals surface area contributed by atoms with Crippen molar-refractivity contribution >= 4 is 23.4 Å². The van der Waals surface area contributed by atoms with E-state index in [2.05, 4.69) is 4.90 Å². The van der Waals surface area contributed by atoms with E-state index in [1.54, 1.807) is 12.1 Å². The van der Waals surface area contributed by atoms with Crippen molar-refractivity contribution in [1.82, 2.24) is 9.80 Å². The van der Waals surface area contributed by atoms with Crippen molar-refractivity contribution in [3.63, 3.8) is 0 Å². The third-order valence-electron chi connectivity index (χ3n) is 5.49. The van der Waals surface area contributed by atoms with Gasteiger partial charge in [0.1, 0.15) is 5.75 Å². The summed E-state index contributed by atoms with van der Waals surface area (Å²) in [4.78, 5) is 28.9. The maximum Gasteiger partial charge on any atom is 0.257 e. The predicted octanol–water partition coefficient (Wildman–Crippen LogP) is 2.66. The van der Waals surface area contributed by atoms with E-state index in [0.29, 0.717) is 42.1 Å². The van der Waals surface area contributed by atoms with Gasteiger partial charge in [0.25, 0.3) is 5.91 Å². The van der Waals surface area contributed by atoms with Gasteiger partial charge in [0.15, 0.2) is 0 Å². The number of aromatic hydroxyl groups is 1. The molecule has 0 bridgehead atoms. The first-order chi connectivity index (χ1) is 11.5. The molecule has 2 saturated heterocycles.